The first-order chi connectivity index (χ1) is 7.06. The average Bonchev–Trinajstić information content (AvgIpc) is 2.18. The molecule has 1 aliphatic rings. The van der Waals surface area contributed by atoms with Gasteiger partial charge in [0.05, 0.1) is 0 Å². The second-order valence-corrected chi connectivity index (χ2v) is 5.74. The van der Waals surface area contributed by atoms with Crippen molar-refractivity contribution in [1.82, 2.24) is 0 Å². The van der Waals surface area contributed by atoms with Crippen LogP contribution in [-0.4, -0.2) is 0 Å². The molecule has 0 heteroatoms. The van der Waals surface area contributed by atoms with Gasteiger partial charge in [0.25, 0.3) is 0 Å². The van der Waals surface area contributed by atoms with E-state index in [0.717, 1.165) is 17.8 Å². The molecule has 1 fully saturated rings. The Morgan fingerprint density at radius 2 is 2.07 bits per heavy atom. The molecule has 1 rings (SSSR count). The maximum atomic E-state index is 4.14. The fourth-order valence-electron chi connectivity index (χ4n) is 3.33. The molecule has 0 heterocycles. The number of hydrogen-bond acceptors (Lipinski definition) is 0. The summed E-state index contributed by atoms with van der Waals surface area (Å²) in [6.07, 6.45) is 7.14. The Hall–Kier alpha value is -0.260. The molecule has 0 aliphatic heterocycles. The quantitative estimate of drug-likeness (QED) is 0.567. The van der Waals surface area contributed by atoms with Gasteiger partial charge in [0.15, 0.2) is 0 Å². The lowest BCUT2D eigenvalue weighted by Crippen LogP contribution is -2.26. The van der Waals surface area contributed by atoms with E-state index < -0.39 is 0 Å². The van der Waals surface area contributed by atoms with E-state index in [2.05, 4.69) is 34.3 Å². The molecule has 0 spiro atoms. The fraction of sp³-hybridized carbons (Fsp3) is 0.867. The van der Waals surface area contributed by atoms with E-state index in [1.807, 2.05) is 0 Å². The predicted octanol–water partition coefficient (Wildman–Crippen LogP) is 5.05. The van der Waals surface area contributed by atoms with E-state index >= 15 is 0 Å². The lowest BCUT2D eigenvalue weighted by Gasteiger charge is -2.36. The highest BCUT2D eigenvalue weighted by Crippen LogP contribution is 2.39. The second kappa shape index (κ2) is 5.72. The van der Waals surface area contributed by atoms with E-state index in [4.69, 9.17) is 0 Å². The SMILES string of the molecule is C=C(C)C(C)C(CC)C1CCCC(C)C1. The van der Waals surface area contributed by atoms with E-state index in [1.165, 1.54) is 37.7 Å². The summed E-state index contributed by atoms with van der Waals surface area (Å²) in [6.45, 7) is 13.5. The van der Waals surface area contributed by atoms with Crippen LogP contribution < -0.4 is 0 Å². The van der Waals surface area contributed by atoms with Crippen LogP contribution in [0.4, 0.5) is 0 Å². The van der Waals surface area contributed by atoms with Gasteiger partial charge in [0.1, 0.15) is 0 Å². The largest absolute Gasteiger partial charge is 0.0999 e. The van der Waals surface area contributed by atoms with E-state index in [-0.39, 0.29) is 0 Å². The minimum Gasteiger partial charge on any atom is -0.0999 e. The molecule has 0 bridgehead atoms. The molecule has 0 saturated heterocycles. The summed E-state index contributed by atoms with van der Waals surface area (Å²) >= 11 is 0. The molecule has 15 heavy (non-hydrogen) atoms. The third kappa shape index (κ3) is 3.36. The Kier molecular flexibility index (Phi) is 4.89. The zero-order valence-electron chi connectivity index (χ0n) is 11.1. The van der Waals surface area contributed by atoms with Crippen LogP contribution in [-0.2, 0) is 0 Å². The second-order valence-electron chi connectivity index (χ2n) is 5.74. The maximum Gasteiger partial charge on any atom is -0.0206 e. The topological polar surface area (TPSA) is 0 Å². The predicted molar refractivity (Wildman–Crippen MR) is 68.9 cm³/mol. The molecule has 0 amide bonds. The van der Waals surface area contributed by atoms with Crippen molar-refractivity contribution in [1.29, 1.82) is 0 Å². The molecule has 0 aromatic rings. The van der Waals surface area contributed by atoms with Crippen LogP contribution >= 0.6 is 0 Å². The monoisotopic (exact) mass is 208 g/mol. The Morgan fingerprint density at radius 1 is 1.40 bits per heavy atom. The van der Waals surface area contributed by atoms with Gasteiger partial charge < -0.3 is 0 Å². The minimum atomic E-state index is 0.713. The Balaban J connectivity index is 2.60. The van der Waals surface area contributed by atoms with Gasteiger partial charge in [-0.15, -0.1) is 0 Å². The summed E-state index contributed by atoms with van der Waals surface area (Å²) < 4.78 is 0. The molecule has 0 aromatic heterocycles. The van der Waals surface area contributed by atoms with Crippen molar-refractivity contribution in [3.8, 4) is 0 Å². The van der Waals surface area contributed by atoms with Crippen LogP contribution in [0.15, 0.2) is 12.2 Å². The van der Waals surface area contributed by atoms with Gasteiger partial charge in [-0.05, 0) is 37.0 Å². The summed E-state index contributed by atoms with van der Waals surface area (Å²) in [5, 5.41) is 0. The molecule has 0 radical (unpaired) electrons. The molecule has 0 N–H and O–H groups in total. The van der Waals surface area contributed by atoms with Crippen molar-refractivity contribution >= 4 is 0 Å². The van der Waals surface area contributed by atoms with Gasteiger partial charge >= 0.3 is 0 Å². The van der Waals surface area contributed by atoms with Crippen LogP contribution in [0, 0.1) is 23.7 Å². The van der Waals surface area contributed by atoms with Crippen molar-refractivity contribution in [3.05, 3.63) is 12.2 Å². The lowest BCUT2D eigenvalue weighted by atomic mass is 9.69. The molecule has 1 saturated carbocycles. The van der Waals surface area contributed by atoms with Crippen molar-refractivity contribution in [3.63, 3.8) is 0 Å². The highest BCUT2D eigenvalue weighted by molar-refractivity contribution is 4.98. The number of rotatable bonds is 4. The smallest absolute Gasteiger partial charge is 0.0206 e. The molecular formula is C15H28. The first-order valence-electron chi connectivity index (χ1n) is 6.71. The Morgan fingerprint density at radius 3 is 2.53 bits per heavy atom. The fourth-order valence-corrected chi connectivity index (χ4v) is 3.33. The Bertz CT molecular complexity index is 204. The summed E-state index contributed by atoms with van der Waals surface area (Å²) in [6, 6.07) is 0. The third-order valence-corrected chi connectivity index (χ3v) is 4.47. The summed E-state index contributed by atoms with van der Waals surface area (Å²) in [5.41, 5.74) is 1.38. The van der Waals surface area contributed by atoms with Crippen LogP contribution in [0.25, 0.3) is 0 Å². The van der Waals surface area contributed by atoms with Gasteiger partial charge in [0, 0.05) is 0 Å². The van der Waals surface area contributed by atoms with Crippen molar-refractivity contribution in [2.75, 3.05) is 0 Å². The van der Waals surface area contributed by atoms with Crippen molar-refractivity contribution < 1.29 is 0 Å². The highest BCUT2D eigenvalue weighted by Gasteiger charge is 2.29. The van der Waals surface area contributed by atoms with Crippen LogP contribution in [0.3, 0.4) is 0 Å². The van der Waals surface area contributed by atoms with E-state index in [0.29, 0.717) is 5.92 Å². The molecule has 1 aliphatic carbocycles. The summed E-state index contributed by atoms with van der Waals surface area (Å²) in [7, 11) is 0. The number of hydrogen-bond donors (Lipinski definition) is 0. The zero-order valence-corrected chi connectivity index (χ0v) is 11.1. The van der Waals surface area contributed by atoms with E-state index in [9.17, 15) is 0 Å². The van der Waals surface area contributed by atoms with Crippen molar-refractivity contribution in [2.24, 2.45) is 23.7 Å². The van der Waals surface area contributed by atoms with Gasteiger partial charge in [-0.2, -0.15) is 0 Å². The first-order valence-corrected chi connectivity index (χ1v) is 6.71. The van der Waals surface area contributed by atoms with Crippen LogP contribution in [0.5, 0.6) is 0 Å². The highest BCUT2D eigenvalue weighted by atomic mass is 14.3. The number of allylic oxidation sites excluding steroid dienone is 1. The van der Waals surface area contributed by atoms with Gasteiger partial charge in [-0.1, -0.05) is 58.6 Å². The standard InChI is InChI=1S/C15H28/c1-6-15(13(5)11(2)3)14-9-7-8-12(4)10-14/h12-15H,2,6-10H2,1,3-5H3. The summed E-state index contributed by atoms with van der Waals surface area (Å²) in [4.78, 5) is 0. The molecule has 88 valence electrons. The molecule has 0 aromatic carbocycles. The lowest BCUT2D eigenvalue weighted by molar-refractivity contribution is 0.167. The van der Waals surface area contributed by atoms with E-state index in [1.54, 1.807) is 0 Å². The van der Waals surface area contributed by atoms with Crippen LogP contribution in [0.1, 0.15) is 59.8 Å². The Labute approximate surface area is 96.2 Å². The zero-order chi connectivity index (χ0) is 11.4. The molecule has 0 nitrogen and oxygen atoms in total. The third-order valence-electron chi connectivity index (χ3n) is 4.47. The minimum absolute atomic E-state index is 0.713. The maximum absolute atomic E-state index is 4.14. The average molecular weight is 208 g/mol. The normalized spacial score (nSPS) is 30.9. The van der Waals surface area contributed by atoms with Gasteiger partial charge in [-0.3, -0.25) is 0 Å². The summed E-state index contributed by atoms with van der Waals surface area (Å²) in [5.74, 6) is 3.51. The molecular weight excluding hydrogens is 180 g/mol. The molecule has 4 unspecified atom stereocenters. The van der Waals surface area contributed by atoms with Crippen LogP contribution in [0.2, 0.25) is 0 Å². The first kappa shape index (κ1) is 12.8. The van der Waals surface area contributed by atoms with Gasteiger partial charge in [-0.25, -0.2) is 0 Å². The van der Waals surface area contributed by atoms with Crippen molar-refractivity contribution in [2.45, 2.75) is 59.8 Å². The molecule has 4 atom stereocenters. The van der Waals surface area contributed by atoms with Gasteiger partial charge in [0.2, 0.25) is 0 Å².